The molecule has 0 aliphatic carbocycles. The normalized spacial score (nSPS) is 12.7. The van der Waals surface area contributed by atoms with Gasteiger partial charge in [-0.1, -0.05) is 6.07 Å². The van der Waals surface area contributed by atoms with E-state index in [9.17, 15) is 8.78 Å². The minimum Gasteiger partial charge on any atom is -0.336 e. The molecule has 17 heavy (non-hydrogen) atoms. The van der Waals surface area contributed by atoms with Crippen LogP contribution in [0.4, 0.5) is 8.78 Å². The highest BCUT2D eigenvalue weighted by Crippen LogP contribution is 2.25. The lowest BCUT2D eigenvalue weighted by Crippen LogP contribution is -2.22. The Labute approximate surface area is 98.1 Å². The molecule has 2 aromatic rings. The Balaban J connectivity index is 2.53. The fraction of sp³-hybridized carbons (Fsp3) is 0.250. The van der Waals surface area contributed by atoms with Gasteiger partial charge in [-0.15, -0.1) is 0 Å². The Bertz CT molecular complexity index is 502. The van der Waals surface area contributed by atoms with Gasteiger partial charge >= 0.3 is 0 Å². The van der Waals surface area contributed by atoms with Crippen molar-refractivity contribution in [2.45, 2.75) is 6.04 Å². The zero-order valence-electron chi connectivity index (χ0n) is 9.61. The average molecular weight is 237 g/mol. The lowest BCUT2D eigenvalue weighted by Gasteiger charge is -2.18. The van der Waals surface area contributed by atoms with E-state index in [0.29, 0.717) is 5.69 Å². The van der Waals surface area contributed by atoms with E-state index in [0.717, 1.165) is 0 Å². The molecule has 0 aliphatic heterocycles. The predicted molar refractivity (Wildman–Crippen MR) is 60.5 cm³/mol. The number of hydrogen-bond donors (Lipinski definition) is 1. The Hall–Kier alpha value is -1.75. The summed E-state index contributed by atoms with van der Waals surface area (Å²) in [6, 6.07) is 3.30. The minimum atomic E-state index is -0.564. The topological polar surface area (TPSA) is 29.9 Å². The van der Waals surface area contributed by atoms with Crippen molar-refractivity contribution in [2.75, 3.05) is 7.05 Å². The van der Waals surface area contributed by atoms with E-state index in [1.807, 2.05) is 0 Å². The summed E-state index contributed by atoms with van der Waals surface area (Å²) >= 11 is 0. The summed E-state index contributed by atoms with van der Waals surface area (Å²) in [5, 5.41) is 2.90. The summed E-state index contributed by atoms with van der Waals surface area (Å²) in [4.78, 5) is 3.95. The summed E-state index contributed by atoms with van der Waals surface area (Å²) < 4.78 is 29.1. The van der Waals surface area contributed by atoms with Gasteiger partial charge in [-0.05, 0) is 19.2 Å². The molecule has 0 saturated heterocycles. The quantitative estimate of drug-likeness (QED) is 0.885. The highest BCUT2D eigenvalue weighted by atomic mass is 19.1. The number of aryl methyl sites for hydroxylation is 1. The number of nitrogens with one attached hydrogen (secondary N) is 1. The van der Waals surface area contributed by atoms with Crippen molar-refractivity contribution in [3.05, 3.63) is 53.6 Å². The molecule has 1 atom stereocenters. The number of aromatic nitrogens is 2. The molecule has 1 aromatic heterocycles. The third kappa shape index (κ3) is 2.06. The van der Waals surface area contributed by atoms with Crippen LogP contribution in [-0.4, -0.2) is 16.6 Å². The Morgan fingerprint density at radius 1 is 1.29 bits per heavy atom. The van der Waals surface area contributed by atoms with Crippen LogP contribution >= 0.6 is 0 Å². The Morgan fingerprint density at radius 2 is 1.94 bits per heavy atom. The smallest absolute Gasteiger partial charge is 0.131 e. The SMILES string of the molecule is CNC(c1c(F)cccc1F)c1cncn1C. The van der Waals surface area contributed by atoms with E-state index < -0.39 is 17.7 Å². The summed E-state index contributed by atoms with van der Waals surface area (Å²) in [6.45, 7) is 0. The third-order valence-corrected chi connectivity index (χ3v) is 2.73. The first-order chi connectivity index (χ1) is 8.15. The molecule has 5 heteroatoms. The second-order valence-corrected chi connectivity index (χ2v) is 3.79. The van der Waals surface area contributed by atoms with Crippen molar-refractivity contribution < 1.29 is 8.78 Å². The fourth-order valence-electron chi connectivity index (χ4n) is 1.87. The molecule has 2 rings (SSSR count). The lowest BCUT2D eigenvalue weighted by atomic mass is 10.0. The van der Waals surface area contributed by atoms with Gasteiger partial charge in [0.05, 0.1) is 24.3 Å². The fourth-order valence-corrected chi connectivity index (χ4v) is 1.87. The maximum absolute atomic E-state index is 13.7. The van der Waals surface area contributed by atoms with Crippen molar-refractivity contribution >= 4 is 0 Å². The maximum Gasteiger partial charge on any atom is 0.131 e. The van der Waals surface area contributed by atoms with Crippen molar-refractivity contribution in [1.82, 2.24) is 14.9 Å². The second-order valence-electron chi connectivity index (χ2n) is 3.79. The van der Waals surface area contributed by atoms with Crippen LogP contribution < -0.4 is 5.32 Å². The highest BCUT2D eigenvalue weighted by molar-refractivity contribution is 5.29. The van der Waals surface area contributed by atoms with E-state index in [2.05, 4.69) is 10.3 Å². The van der Waals surface area contributed by atoms with E-state index in [1.54, 1.807) is 31.2 Å². The monoisotopic (exact) mass is 237 g/mol. The van der Waals surface area contributed by atoms with Crippen molar-refractivity contribution in [3.8, 4) is 0 Å². The van der Waals surface area contributed by atoms with Gasteiger partial charge in [-0.25, -0.2) is 13.8 Å². The molecule has 1 N–H and O–H groups in total. The Kier molecular flexibility index (Phi) is 3.19. The molecule has 0 amide bonds. The van der Waals surface area contributed by atoms with Crippen LogP contribution in [0.5, 0.6) is 0 Å². The van der Waals surface area contributed by atoms with Crippen LogP contribution in [0, 0.1) is 11.6 Å². The Morgan fingerprint density at radius 3 is 2.41 bits per heavy atom. The molecule has 0 radical (unpaired) electrons. The van der Waals surface area contributed by atoms with Gasteiger partial charge in [0.25, 0.3) is 0 Å². The molecule has 0 fully saturated rings. The highest BCUT2D eigenvalue weighted by Gasteiger charge is 2.22. The van der Waals surface area contributed by atoms with Gasteiger partial charge in [-0.3, -0.25) is 0 Å². The van der Waals surface area contributed by atoms with Gasteiger partial charge in [-0.2, -0.15) is 0 Å². The van der Waals surface area contributed by atoms with Crippen LogP contribution in [0.2, 0.25) is 0 Å². The molecule has 0 bridgehead atoms. The maximum atomic E-state index is 13.7. The summed E-state index contributed by atoms with van der Waals surface area (Å²) in [7, 11) is 3.44. The van der Waals surface area contributed by atoms with Crippen LogP contribution in [0.15, 0.2) is 30.7 Å². The van der Waals surface area contributed by atoms with E-state index in [4.69, 9.17) is 0 Å². The molecular weight excluding hydrogens is 224 g/mol. The van der Waals surface area contributed by atoms with Gasteiger partial charge in [0.15, 0.2) is 0 Å². The summed E-state index contributed by atoms with van der Waals surface area (Å²) in [6.07, 6.45) is 3.19. The first-order valence-electron chi connectivity index (χ1n) is 5.22. The average Bonchev–Trinajstić information content (AvgIpc) is 2.70. The van der Waals surface area contributed by atoms with Gasteiger partial charge in [0.2, 0.25) is 0 Å². The molecule has 0 spiro atoms. The van der Waals surface area contributed by atoms with Gasteiger partial charge in [0, 0.05) is 12.6 Å². The van der Waals surface area contributed by atoms with Crippen LogP contribution in [0.25, 0.3) is 0 Å². The molecular formula is C12H13F2N3. The number of imidazole rings is 1. The molecule has 1 heterocycles. The number of benzene rings is 1. The first kappa shape index (κ1) is 11.7. The zero-order valence-corrected chi connectivity index (χ0v) is 9.61. The van der Waals surface area contributed by atoms with E-state index in [-0.39, 0.29) is 5.56 Å². The molecule has 1 aromatic carbocycles. The molecule has 1 unspecified atom stereocenters. The zero-order chi connectivity index (χ0) is 12.4. The molecule has 3 nitrogen and oxygen atoms in total. The standard InChI is InChI=1S/C12H13F2N3/c1-15-12(10-6-16-7-17(10)2)11-8(13)4-3-5-9(11)14/h3-7,12,15H,1-2H3. The molecule has 0 saturated carbocycles. The molecule has 0 aliphatic rings. The number of rotatable bonds is 3. The number of hydrogen-bond acceptors (Lipinski definition) is 2. The second kappa shape index (κ2) is 4.63. The summed E-state index contributed by atoms with van der Waals surface area (Å²) in [5.74, 6) is -1.13. The van der Waals surface area contributed by atoms with Crippen LogP contribution in [-0.2, 0) is 7.05 Å². The molecule has 90 valence electrons. The van der Waals surface area contributed by atoms with Gasteiger partial charge < -0.3 is 9.88 Å². The number of nitrogens with zero attached hydrogens (tertiary/aromatic N) is 2. The van der Waals surface area contributed by atoms with Gasteiger partial charge in [0.1, 0.15) is 11.6 Å². The van der Waals surface area contributed by atoms with E-state index in [1.165, 1.54) is 18.2 Å². The predicted octanol–water partition coefficient (Wildman–Crippen LogP) is 2.01. The number of halogens is 2. The van der Waals surface area contributed by atoms with Crippen molar-refractivity contribution in [1.29, 1.82) is 0 Å². The van der Waals surface area contributed by atoms with E-state index >= 15 is 0 Å². The van der Waals surface area contributed by atoms with Crippen LogP contribution in [0.1, 0.15) is 17.3 Å². The third-order valence-electron chi connectivity index (χ3n) is 2.73. The minimum absolute atomic E-state index is 0.0126. The van der Waals surface area contributed by atoms with Crippen molar-refractivity contribution in [2.24, 2.45) is 7.05 Å². The lowest BCUT2D eigenvalue weighted by molar-refractivity contribution is 0.512. The van der Waals surface area contributed by atoms with Crippen molar-refractivity contribution in [3.63, 3.8) is 0 Å². The first-order valence-corrected chi connectivity index (χ1v) is 5.22. The summed E-state index contributed by atoms with van der Waals surface area (Å²) in [5.41, 5.74) is 0.718. The largest absolute Gasteiger partial charge is 0.336 e. The van der Waals surface area contributed by atoms with Crippen LogP contribution in [0.3, 0.4) is 0 Å².